The van der Waals surface area contributed by atoms with Crippen molar-refractivity contribution in [2.75, 3.05) is 0 Å². The zero-order valence-corrected chi connectivity index (χ0v) is 80.0. The fourth-order valence-electron chi connectivity index (χ4n) is 18.4. The molecule has 5 fully saturated rings. The molecule has 10 aromatic rings. The second-order valence-electron chi connectivity index (χ2n) is 35.7. The fraction of sp³-hybridized carbons (Fsp3) is 0.250. The number of hydrogen-bond donors (Lipinski definition) is 6. The lowest BCUT2D eigenvalue weighted by Gasteiger charge is -2.31. The summed E-state index contributed by atoms with van der Waals surface area (Å²) >= 11 is 9.54. The molecule has 0 radical (unpaired) electrons. The zero-order valence-electron chi connectivity index (χ0n) is 77.7. The molecular weight excluding hydrogens is 1930 g/mol. The molecule has 0 bridgehead atoms. The van der Waals surface area contributed by atoms with Crippen LogP contribution in [0, 0.1) is 17.0 Å². The molecule has 5 atom stereocenters. The number of halogens is 5. The normalized spacial score (nSPS) is 18.7. The summed E-state index contributed by atoms with van der Waals surface area (Å²) in [4.78, 5) is 156. The number of nitro groups is 1. The van der Waals surface area contributed by atoms with Crippen molar-refractivity contribution in [3.8, 4) is 28.7 Å². The maximum absolute atomic E-state index is 12.9. The second-order valence-corrected chi connectivity index (χ2v) is 37.0. The molecule has 20 rings (SSSR count). The first-order valence-corrected chi connectivity index (χ1v) is 47.2. The van der Waals surface area contributed by atoms with Crippen molar-refractivity contribution in [2.45, 2.75) is 173 Å². The van der Waals surface area contributed by atoms with E-state index in [-0.39, 0.29) is 97.7 Å². The van der Waals surface area contributed by atoms with E-state index in [2.05, 4.69) is 75.4 Å². The van der Waals surface area contributed by atoms with Gasteiger partial charge in [-0.3, -0.25) is 62.9 Å². The topological polar surface area (TPSA) is 379 Å². The smallest absolute Gasteiger partial charge is 0.416 e. The Kier molecular flexibility index (Phi) is 30.4. The number of rotatable bonds is 22. The van der Waals surface area contributed by atoms with Gasteiger partial charge >= 0.3 is 6.18 Å². The predicted molar refractivity (Wildman–Crippen MR) is 525 cm³/mol. The van der Waals surface area contributed by atoms with Crippen LogP contribution in [0.25, 0.3) is 0 Å². The van der Waals surface area contributed by atoms with E-state index in [0.717, 1.165) is 66.1 Å². The molecule has 10 aliphatic heterocycles. The first-order chi connectivity index (χ1) is 68.6. The molecule has 10 aliphatic rings. The van der Waals surface area contributed by atoms with Crippen LogP contribution in [-0.4, -0.2) is 125 Å². The van der Waals surface area contributed by atoms with E-state index in [4.69, 9.17) is 41.0 Å². The van der Waals surface area contributed by atoms with Crippen molar-refractivity contribution >= 4 is 98.2 Å². The summed E-state index contributed by atoms with van der Waals surface area (Å²) in [5.74, 6) is 0.641. The van der Waals surface area contributed by atoms with E-state index < -0.39 is 52.8 Å². The van der Waals surface area contributed by atoms with Crippen molar-refractivity contribution < 1.29 is 94.5 Å². The maximum atomic E-state index is 12.9. The van der Waals surface area contributed by atoms with Crippen LogP contribution >= 0.6 is 27.5 Å². The number of hydrogen-bond acceptors (Lipinski definition) is 18. The SMILES string of the molecule is C=C1CCC(N2Cc3c(OCc4ccc(C(F)(F)F)cc4)cccc3C2=O)C(=O)N1.C=C1CCC(N2Cc3c(OCc4ccc(C(N)=O)cc4)cccc3C2=O)C(=O)N1.C=C1CCC(N2Cc3c(OCc4ccc(Cl)c(C)c4)cccc3C2=O)C(=O)N1.C=C1CCC(N2Cc3c(OCc4cccc(Br)c4)cccc3C2=O)C(=O)N1.C=C1CCC(N2Cc3c(OCc4cccc([N+](=O)[O-])c4)cccc3C2=O)C(=O)N1. The van der Waals surface area contributed by atoms with Gasteiger partial charge in [-0.15, -0.1) is 0 Å². The van der Waals surface area contributed by atoms with E-state index in [0.29, 0.717) is 204 Å². The minimum Gasteiger partial charge on any atom is -0.489 e. The molecule has 0 aliphatic carbocycles. The molecule has 143 heavy (non-hydrogen) atoms. The molecule has 35 heteroatoms. The Morgan fingerprint density at radius 1 is 0.392 bits per heavy atom. The van der Waals surface area contributed by atoms with E-state index in [1.54, 1.807) is 117 Å². The molecule has 30 nitrogen and oxygen atoms in total. The highest BCUT2D eigenvalue weighted by Gasteiger charge is 2.46. The molecule has 10 aromatic carbocycles. The highest BCUT2D eigenvalue weighted by molar-refractivity contribution is 9.10. The van der Waals surface area contributed by atoms with Crippen molar-refractivity contribution in [1.82, 2.24) is 51.1 Å². The lowest BCUT2D eigenvalue weighted by atomic mass is 10.0. The van der Waals surface area contributed by atoms with Crippen molar-refractivity contribution in [1.29, 1.82) is 0 Å². The van der Waals surface area contributed by atoms with Gasteiger partial charge in [-0.05, 0) is 208 Å². The van der Waals surface area contributed by atoms with Gasteiger partial charge in [0.2, 0.25) is 35.4 Å². The first kappa shape index (κ1) is 100. The summed E-state index contributed by atoms with van der Waals surface area (Å²) in [6.45, 7) is 23.7. The summed E-state index contributed by atoms with van der Waals surface area (Å²) in [6, 6.07) is 55.5. The molecule has 734 valence electrons. The van der Waals surface area contributed by atoms with Crippen LogP contribution in [0.3, 0.4) is 0 Å². The number of amides is 11. The van der Waals surface area contributed by atoms with E-state index in [1.165, 1.54) is 29.2 Å². The molecule has 10 heterocycles. The fourth-order valence-corrected chi connectivity index (χ4v) is 19.0. The van der Waals surface area contributed by atoms with Gasteiger partial charge in [-0.2, -0.15) is 13.2 Å². The predicted octanol–water partition coefficient (Wildman–Crippen LogP) is 16.8. The molecule has 7 N–H and O–H groups in total. The number of carbonyl (C=O) groups excluding carboxylic acids is 11. The van der Waals surface area contributed by atoms with E-state index in [9.17, 15) is 76.0 Å². The van der Waals surface area contributed by atoms with Crippen LogP contribution in [0.2, 0.25) is 5.02 Å². The number of nitrogens with one attached hydrogen (secondary N) is 5. The van der Waals surface area contributed by atoms with E-state index in [1.807, 2.05) is 79.7 Å². The van der Waals surface area contributed by atoms with Gasteiger partial charge in [0.25, 0.3) is 35.2 Å². The lowest BCUT2D eigenvalue weighted by Crippen LogP contribution is -2.49. The number of aryl methyl sites for hydroxylation is 1. The van der Waals surface area contributed by atoms with E-state index >= 15 is 0 Å². The zero-order chi connectivity index (χ0) is 101. The summed E-state index contributed by atoms with van der Waals surface area (Å²) in [5, 5.41) is 25.3. The minimum absolute atomic E-state index is 0.00403. The number of nitrogens with zero attached hydrogens (tertiary/aromatic N) is 6. The monoisotopic (exact) mass is 2020 g/mol. The van der Waals surface area contributed by atoms with Crippen LogP contribution < -0.4 is 56.0 Å². The quantitative estimate of drug-likeness (QED) is 0.0271. The maximum Gasteiger partial charge on any atom is 0.416 e. The average Bonchev–Trinajstić information content (AvgIpc) is 1.64. The van der Waals surface area contributed by atoms with Crippen LogP contribution in [0.1, 0.15) is 193 Å². The van der Waals surface area contributed by atoms with Gasteiger partial charge in [0.15, 0.2) is 0 Å². The van der Waals surface area contributed by atoms with Crippen molar-refractivity contribution in [3.63, 3.8) is 0 Å². The number of alkyl halides is 3. The number of ether oxygens (including phenoxy) is 5. The Morgan fingerprint density at radius 3 is 0.930 bits per heavy atom. The van der Waals surface area contributed by atoms with Crippen molar-refractivity contribution in [2.24, 2.45) is 5.73 Å². The Bertz CT molecular complexity index is 6870. The standard InChI is InChI=1S/C22H21ClN2O3.C22H19F3N2O3.C22H21N3O4.C21H19BrN2O3.C21H19N3O5/c1-13-10-15(7-8-18(13)23)12-28-20-5-3-4-16-17(20)11-25(22(16)27)19-9-6-14(2)24-21(19)26;1-13-5-10-18(20(28)26-13)27-11-17-16(21(27)29)3-2-4-19(17)30-12-14-6-8-15(9-7-14)22(23,24)25;1-13-5-10-18(21(27)24-13)25-11-17-16(22(25)28)3-2-4-19(17)29-12-14-6-8-15(9-7-14)20(23)26;1-13-8-9-18(20(25)23-13)24-11-17-16(21(24)26)6-3-7-19(17)27-12-14-4-2-5-15(22)10-14;1-13-8-9-18(20(25)22-13)23-11-17-16(21(23)26)6-3-7-19(17)29-12-14-4-2-5-15(10-14)24(27)28/h3-5,7-8,10,19H,2,6,9,11-12H2,1H3,(H,24,26);2-4,6-9,18H,1,5,10-12H2,(H,26,28);2-4,6-9,18H,1,5,10-12H2,(H2,23,26)(H,24,27);2-7,10,18H,1,8-9,11-12H2,(H,23,25);2-7,10,18H,1,8-9,11-12H2,(H,22,25). The Balaban J connectivity index is 0.000000128. The third-order valence-corrected chi connectivity index (χ3v) is 26.9. The molecule has 11 amide bonds. The summed E-state index contributed by atoms with van der Waals surface area (Å²) in [7, 11) is 0. The summed E-state index contributed by atoms with van der Waals surface area (Å²) < 4.78 is 68.8. The second kappa shape index (κ2) is 43.4. The minimum atomic E-state index is -4.39. The lowest BCUT2D eigenvalue weighted by molar-refractivity contribution is -0.384. The van der Waals surface area contributed by atoms with Crippen LogP contribution in [0.5, 0.6) is 28.7 Å². The third kappa shape index (κ3) is 22.9. The van der Waals surface area contributed by atoms with Crippen molar-refractivity contribution in [3.05, 3.63) is 387 Å². The van der Waals surface area contributed by atoms with Gasteiger partial charge in [0, 0.05) is 111 Å². The number of benzene rings is 10. The Morgan fingerprint density at radius 2 is 0.657 bits per heavy atom. The molecule has 0 aromatic heterocycles. The molecule has 5 unspecified atom stereocenters. The van der Waals surface area contributed by atoms with Gasteiger partial charge < -0.3 is 80.5 Å². The third-order valence-electron chi connectivity index (χ3n) is 26.0. The number of allylic oxidation sites excluding steroid dienone is 5. The average molecular weight is 2030 g/mol. The van der Waals surface area contributed by atoms with Crippen LogP contribution in [0.15, 0.2) is 272 Å². The van der Waals surface area contributed by atoms with Crippen LogP contribution in [0.4, 0.5) is 18.9 Å². The number of nitrogens with two attached hydrogens (primary N) is 1. The van der Waals surface area contributed by atoms with Crippen LogP contribution in [-0.2, 0) is 95.9 Å². The first-order valence-electron chi connectivity index (χ1n) is 46.1. The van der Waals surface area contributed by atoms with Gasteiger partial charge in [-0.1, -0.05) is 151 Å². The van der Waals surface area contributed by atoms with Gasteiger partial charge in [-0.25, -0.2) is 0 Å². The highest BCUT2D eigenvalue weighted by Crippen LogP contribution is 2.42. The van der Waals surface area contributed by atoms with Gasteiger partial charge in [0.05, 0.1) is 43.2 Å². The molecule has 0 spiro atoms. The summed E-state index contributed by atoms with van der Waals surface area (Å²) in [5.41, 5.74) is 20.1. The molecule has 5 saturated heterocycles. The number of primary amides is 1. The number of non-ortho nitro benzene ring substituents is 1. The number of nitro benzene ring substituents is 1. The molecular formula is C108H99BrClF3N12O18. The Labute approximate surface area is 834 Å². The number of carbonyl (C=O) groups is 11. The number of piperidine rings is 5. The van der Waals surface area contributed by atoms with Gasteiger partial charge in [0.1, 0.15) is 92.0 Å². The largest absolute Gasteiger partial charge is 0.489 e. The highest BCUT2D eigenvalue weighted by atomic mass is 79.9. The number of fused-ring (bicyclic) bond motifs is 5. The summed E-state index contributed by atoms with van der Waals surface area (Å²) in [6.07, 6.45) is 1.65. The Hall–Kier alpha value is -16.0. The molecule has 0 saturated carbocycles.